The van der Waals surface area contributed by atoms with Gasteiger partial charge in [0.1, 0.15) is 11.2 Å². The number of thioether (sulfide) groups is 1. The number of halogens is 1. The summed E-state index contributed by atoms with van der Waals surface area (Å²) < 4.78 is 29.1. The second-order valence-electron chi connectivity index (χ2n) is 7.25. The van der Waals surface area contributed by atoms with E-state index in [4.69, 9.17) is 11.6 Å². The number of aromatic nitrogens is 3. The zero-order valence-electron chi connectivity index (χ0n) is 17.1. The highest BCUT2D eigenvalue weighted by atomic mass is 35.5. The third kappa shape index (κ3) is 5.32. The molecule has 0 atom stereocenters. The average Bonchev–Trinajstić information content (AvgIpc) is 3.29. The lowest BCUT2D eigenvalue weighted by molar-refractivity contribution is -0.113. The van der Waals surface area contributed by atoms with Crippen LogP contribution in [0.15, 0.2) is 64.9 Å². The van der Waals surface area contributed by atoms with E-state index in [1.54, 1.807) is 17.1 Å². The van der Waals surface area contributed by atoms with Crippen molar-refractivity contribution in [3.8, 4) is 5.69 Å². The first kappa shape index (κ1) is 22.8. The minimum Gasteiger partial charge on any atom is -0.325 e. The molecular formula is C21H22ClN5O3S2. The molecular weight excluding hydrogens is 470 g/mol. The molecule has 2 aromatic carbocycles. The van der Waals surface area contributed by atoms with Crippen molar-refractivity contribution >= 4 is 45.0 Å². The molecule has 0 radical (unpaired) electrons. The number of sulfonamides is 1. The lowest BCUT2D eigenvalue weighted by atomic mass is 10.2. The van der Waals surface area contributed by atoms with Gasteiger partial charge in [0.15, 0.2) is 0 Å². The summed E-state index contributed by atoms with van der Waals surface area (Å²) in [6, 6.07) is 14.0. The summed E-state index contributed by atoms with van der Waals surface area (Å²) >= 11 is 7.38. The van der Waals surface area contributed by atoms with Gasteiger partial charge in [0.25, 0.3) is 0 Å². The number of hydrogen-bond acceptors (Lipinski definition) is 6. The molecule has 0 bridgehead atoms. The number of carbonyl (C=O) groups excluding carboxylic acids is 1. The lowest BCUT2D eigenvalue weighted by Crippen LogP contribution is -2.35. The van der Waals surface area contributed by atoms with Crippen LogP contribution in [0, 0.1) is 0 Å². The van der Waals surface area contributed by atoms with E-state index in [1.165, 1.54) is 28.2 Å². The van der Waals surface area contributed by atoms with E-state index >= 15 is 0 Å². The van der Waals surface area contributed by atoms with Crippen LogP contribution in [0.3, 0.4) is 0 Å². The molecule has 0 unspecified atom stereocenters. The summed E-state index contributed by atoms with van der Waals surface area (Å²) in [5, 5.41) is 7.69. The highest BCUT2D eigenvalue weighted by Gasteiger charge is 2.28. The largest absolute Gasteiger partial charge is 0.325 e. The summed E-state index contributed by atoms with van der Waals surface area (Å²) in [5.41, 5.74) is 1.25. The monoisotopic (exact) mass is 491 g/mol. The van der Waals surface area contributed by atoms with E-state index in [2.05, 4.69) is 15.4 Å². The Balaban J connectivity index is 1.39. The van der Waals surface area contributed by atoms with E-state index in [0.717, 1.165) is 24.9 Å². The lowest BCUT2D eigenvalue weighted by Gasteiger charge is -2.26. The van der Waals surface area contributed by atoms with E-state index in [-0.39, 0.29) is 21.6 Å². The highest BCUT2D eigenvalue weighted by Crippen LogP contribution is 2.29. The molecule has 1 aliphatic heterocycles. The molecule has 0 aliphatic carbocycles. The second-order valence-corrected chi connectivity index (χ2v) is 10.5. The van der Waals surface area contributed by atoms with Crippen LogP contribution in [-0.4, -0.2) is 52.2 Å². The van der Waals surface area contributed by atoms with Crippen LogP contribution < -0.4 is 5.32 Å². The summed E-state index contributed by atoms with van der Waals surface area (Å²) in [6.07, 6.45) is 4.27. The van der Waals surface area contributed by atoms with Crippen LogP contribution in [0.4, 0.5) is 5.69 Å². The number of hydrogen-bond donors (Lipinski definition) is 1. The predicted octanol–water partition coefficient (Wildman–Crippen LogP) is 3.83. The van der Waals surface area contributed by atoms with Gasteiger partial charge in [0.2, 0.25) is 21.1 Å². The van der Waals surface area contributed by atoms with Gasteiger partial charge in [-0.05, 0) is 43.2 Å². The van der Waals surface area contributed by atoms with Crippen molar-refractivity contribution in [1.29, 1.82) is 0 Å². The molecule has 168 valence electrons. The maximum absolute atomic E-state index is 13.0. The molecule has 1 aliphatic rings. The minimum atomic E-state index is -3.71. The van der Waals surface area contributed by atoms with Crippen molar-refractivity contribution in [2.45, 2.75) is 29.3 Å². The van der Waals surface area contributed by atoms with Crippen molar-refractivity contribution in [3.63, 3.8) is 0 Å². The fourth-order valence-electron chi connectivity index (χ4n) is 3.37. The summed E-state index contributed by atoms with van der Waals surface area (Å²) in [7, 11) is -3.71. The van der Waals surface area contributed by atoms with Crippen LogP contribution >= 0.6 is 23.4 Å². The van der Waals surface area contributed by atoms with Crippen LogP contribution in [-0.2, 0) is 14.8 Å². The molecule has 0 spiro atoms. The number of piperidine rings is 1. The maximum atomic E-state index is 13.0. The number of carbonyl (C=O) groups is 1. The first-order chi connectivity index (χ1) is 15.4. The van der Waals surface area contributed by atoms with Gasteiger partial charge in [-0.2, -0.15) is 4.31 Å². The number of nitrogens with zero attached hydrogens (tertiary/aromatic N) is 4. The van der Waals surface area contributed by atoms with E-state index in [1.807, 2.05) is 30.3 Å². The Kier molecular flexibility index (Phi) is 7.14. The SMILES string of the molecule is O=C(CSc1ncn(-c2ccccc2)n1)Nc1ccc(Cl)c(S(=O)(=O)N2CCCCC2)c1. The van der Waals surface area contributed by atoms with E-state index in [9.17, 15) is 13.2 Å². The van der Waals surface area contributed by atoms with Crippen molar-refractivity contribution in [2.75, 3.05) is 24.2 Å². The Hall–Kier alpha value is -2.40. The van der Waals surface area contributed by atoms with Gasteiger partial charge in [-0.15, -0.1) is 5.10 Å². The maximum Gasteiger partial charge on any atom is 0.244 e. The quantitative estimate of drug-likeness (QED) is 0.504. The Morgan fingerprint density at radius 1 is 1.09 bits per heavy atom. The Morgan fingerprint density at radius 3 is 2.59 bits per heavy atom. The summed E-state index contributed by atoms with van der Waals surface area (Å²) in [5.74, 6) is -0.218. The Bertz CT molecular complexity index is 1200. The fraction of sp³-hybridized carbons (Fsp3) is 0.286. The minimum absolute atomic E-state index is 0.00907. The van der Waals surface area contributed by atoms with Crippen LogP contribution in [0.5, 0.6) is 0 Å². The second kappa shape index (κ2) is 10.0. The van der Waals surface area contributed by atoms with Crippen molar-refractivity contribution in [3.05, 3.63) is 59.9 Å². The molecule has 11 heteroatoms. The smallest absolute Gasteiger partial charge is 0.244 e. The average molecular weight is 492 g/mol. The molecule has 1 N–H and O–H groups in total. The van der Waals surface area contributed by atoms with E-state index in [0.29, 0.717) is 23.9 Å². The molecule has 0 saturated carbocycles. The number of rotatable bonds is 7. The Morgan fingerprint density at radius 2 is 1.84 bits per heavy atom. The number of para-hydroxylation sites is 1. The standard InChI is InChI=1S/C21H22ClN5O3S2/c22-18-10-9-16(13-19(18)32(29,30)26-11-5-2-6-12-26)24-20(28)14-31-21-23-15-27(25-21)17-7-3-1-4-8-17/h1,3-4,7-10,13,15H,2,5-6,11-12,14H2,(H,24,28). The molecule has 1 amide bonds. The van der Waals surface area contributed by atoms with Crippen molar-refractivity contribution in [2.24, 2.45) is 0 Å². The first-order valence-corrected chi connectivity index (χ1v) is 12.9. The Labute approximate surface area is 196 Å². The molecule has 2 heterocycles. The molecule has 1 aromatic heterocycles. The van der Waals surface area contributed by atoms with Gasteiger partial charge in [-0.3, -0.25) is 4.79 Å². The summed E-state index contributed by atoms with van der Waals surface area (Å²) in [4.78, 5) is 16.6. The molecule has 4 rings (SSSR count). The van der Waals surface area contributed by atoms with Gasteiger partial charge in [0, 0.05) is 18.8 Å². The van der Waals surface area contributed by atoms with Gasteiger partial charge >= 0.3 is 0 Å². The van der Waals surface area contributed by atoms with Crippen molar-refractivity contribution in [1.82, 2.24) is 19.1 Å². The normalized spacial score (nSPS) is 14.9. The first-order valence-electron chi connectivity index (χ1n) is 10.1. The molecule has 8 nitrogen and oxygen atoms in total. The zero-order valence-corrected chi connectivity index (χ0v) is 19.5. The zero-order chi connectivity index (χ0) is 22.6. The van der Waals surface area contributed by atoms with Gasteiger partial charge in [0.05, 0.1) is 16.5 Å². The molecule has 1 saturated heterocycles. The number of nitrogens with one attached hydrogen (secondary N) is 1. The van der Waals surface area contributed by atoms with Crippen LogP contribution in [0.1, 0.15) is 19.3 Å². The number of amides is 1. The topological polar surface area (TPSA) is 97.2 Å². The summed E-state index contributed by atoms with van der Waals surface area (Å²) in [6.45, 7) is 0.961. The number of benzene rings is 2. The predicted molar refractivity (Wildman–Crippen MR) is 125 cm³/mol. The highest BCUT2D eigenvalue weighted by molar-refractivity contribution is 7.99. The third-order valence-corrected chi connectivity index (χ3v) is 8.20. The van der Waals surface area contributed by atoms with Crippen molar-refractivity contribution < 1.29 is 13.2 Å². The molecule has 1 fully saturated rings. The fourth-order valence-corrected chi connectivity index (χ4v) is 5.99. The van der Waals surface area contributed by atoms with Crippen LogP contribution in [0.2, 0.25) is 5.02 Å². The van der Waals surface area contributed by atoms with Gasteiger partial charge in [-0.25, -0.2) is 18.1 Å². The molecule has 32 heavy (non-hydrogen) atoms. The molecule has 3 aromatic rings. The number of anilines is 1. The van der Waals surface area contributed by atoms with Gasteiger partial charge in [-0.1, -0.05) is 48.0 Å². The van der Waals surface area contributed by atoms with Gasteiger partial charge < -0.3 is 5.32 Å². The van der Waals surface area contributed by atoms with Crippen LogP contribution in [0.25, 0.3) is 5.69 Å². The van der Waals surface area contributed by atoms with E-state index < -0.39 is 10.0 Å². The third-order valence-electron chi connectivity index (χ3n) is 4.97.